The first kappa shape index (κ1) is 13.8. The molecular formula is C15H15N3O2S. The van der Waals surface area contributed by atoms with Crippen LogP contribution in [0.5, 0.6) is 0 Å². The summed E-state index contributed by atoms with van der Waals surface area (Å²) >= 11 is 1.10. The van der Waals surface area contributed by atoms with Gasteiger partial charge in [-0.25, -0.2) is 4.98 Å². The minimum absolute atomic E-state index is 0.0764. The van der Waals surface area contributed by atoms with Crippen molar-refractivity contribution in [2.24, 2.45) is 5.73 Å². The third-order valence-electron chi connectivity index (χ3n) is 3.66. The van der Waals surface area contributed by atoms with Gasteiger partial charge in [0, 0.05) is 0 Å². The Labute approximate surface area is 126 Å². The van der Waals surface area contributed by atoms with E-state index in [2.05, 4.69) is 16.4 Å². The van der Waals surface area contributed by atoms with Gasteiger partial charge in [-0.1, -0.05) is 35.6 Å². The SMILES string of the molecule is NC(=O)c1cnc(NC(=O)C2CCCc3ccccc32)s1. The van der Waals surface area contributed by atoms with Crippen LogP contribution in [-0.2, 0) is 11.2 Å². The number of carbonyl (C=O) groups excluding carboxylic acids is 2. The zero-order valence-corrected chi connectivity index (χ0v) is 12.2. The lowest BCUT2D eigenvalue weighted by Crippen LogP contribution is -2.24. The standard InChI is InChI=1S/C15H15N3O2S/c16-13(19)12-8-17-15(21-12)18-14(20)11-7-3-5-9-4-1-2-6-10(9)11/h1-2,4,6,8,11H,3,5,7H2,(H2,16,19)(H,17,18,20). The highest BCUT2D eigenvalue weighted by Gasteiger charge is 2.26. The molecular weight excluding hydrogens is 286 g/mol. The van der Waals surface area contributed by atoms with Crippen molar-refractivity contribution in [3.05, 3.63) is 46.5 Å². The van der Waals surface area contributed by atoms with E-state index in [1.807, 2.05) is 18.2 Å². The maximum Gasteiger partial charge on any atom is 0.260 e. The van der Waals surface area contributed by atoms with Crippen LogP contribution in [0.4, 0.5) is 5.13 Å². The maximum absolute atomic E-state index is 12.4. The van der Waals surface area contributed by atoms with E-state index in [4.69, 9.17) is 5.73 Å². The van der Waals surface area contributed by atoms with E-state index in [0.29, 0.717) is 10.0 Å². The lowest BCUT2D eigenvalue weighted by molar-refractivity contribution is -0.117. The summed E-state index contributed by atoms with van der Waals surface area (Å²) in [5, 5.41) is 3.20. The molecule has 3 N–H and O–H groups in total. The second-order valence-corrected chi connectivity index (χ2v) is 6.06. The number of rotatable bonds is 3. The Morgan fingerprint density at radius 1 is 1.33 bits per heavy atom. The number of anilines is 1. The predicted octanol–water partition coefficient (Wildman–Crippen LogP) is 2.30. The molecule has 108 valence electrons. The van der Waals surface area contributed by atoms with Crippen molar-refractivity contribution in [3.8, 4) is 0 Å². The minimum Gasteiger partial charge on any atom is -0.365 e. The van der Waals surface area contributed by atoms with Crippen LogP contribution in [0.3, 0.4) is 0 Å². The van der Waals surface area contributed by atoms with Gasteiger partial charge in [0.1, 0.15) is 4.88 Å². The second-order valence-electron chi connectivity index (χ2n) is 5.03. The number of carbonyl (C=O) groups is 2. The van der Waals surface area contributed by atoms with Crippen molar-refractivity contribution in [1.82, 2.24) is 4.98 Å². The van der Waals surface area contributed by atoms with Gasteiger partial charge >= 0.3 is 0 Å². The van der Waals surface area contributed by atoms with Crippen LogP contribution in [0.1, 0.15) is 39.6 Å². The molecule has 0 aliphatic heterocycles. The summed E-state index contributed by atoms with van der Waals surface area (Å²) in [6.45, 7) is 0. The fourth-order valence-electron chi connectivity index (χ4n) is 2.66. The van der Waals surface area contributed by atoms with Gasteiger partial charge in [0.2, 0.25) is 5.91 Å². The fraction of sp³-hybridized carbons (Fsp3) is 0.267. The number of aryl methyl sites for hydroxylation is 1. The lowest BCUT2D eigenvalue weighted by atomic mass is 9.82. The van der Waals surface area contributed by atoms with E-state index in [9.17, 15) is 9.59 Å². The van der Waals surface area contributed by atoms with Gasteiger partial charge in [0.15, 0.2) is 5.13 Å². The molecule has 1 aromatic heterocycles. The first-order valence-electron chi connectivity index (χ1n) is 6.79. The Hall–Kier alpha value is -2.21. The van der Waals surface area contributed by atoms with Crippen LogP contribution in [0.25, 0.3) is 0 Å². The van der Waals surface area contributed by atoms with Crippen molar-refractivity contribution in [1.29, 1.82) is 0 Å². The van der Waals surface area contributed by atoms with Gasteiger partial charge in [-0.05, 0) is 30.4 Å². The molecule has 1 aromatic carbocycles. The van der Waals surface area contributed by atoms with Crippen molar-refractivity contribution in [3.63, 3.8) is 0 Å². The molecule has 1 heterocycles. The van der Waals surface area contributed by atoms with Crippen molar-refractivity contribution < 1.29 is 9.59 Å². The smallest absolute Gasteiger partial charge is 0.260 e. The summed E-state index contributed by atoms with van der Waals surface area (Å²) in [4.78, 5) is 27.8. The number of fused-ring (bicyclic) bond motifs is 1. The molecule has 1 atom stereocenters. The highest BCUT2D eigenvalue weighted by molar-refractivity contribution is 7.17. The molecule has 1 aliphatic carbocycles. The Kier molecular flexibility index (Phi) is 3.70. The molecule has 2 aromatic rings. The highest BCUT2D eigenvalue weighted by Crippen LogP contribution is 2.32. The molecule has 0 saturated carbocycles. The molecule has 1 aliphatic rings. The summed E-state index contributed by atoms with van der Waals surface area (Å²) in [5.74, 6) is -0.764. The number of amides is 2. The Balaban J connectivity index is 1.78. The zero-order chi connectivity index (χ0) is 14.8. The summed E-state index contributed by atoms with van der Waals surface area (Å²) in [7, 11) is 0. The number of hydrogen-bond donors (Lipinski definition) is 2. The quantitative estimate of drug-likeness (QED) is 0.912. The number of primary amides is 1. The third-order valence-corrected chi connectivity index (χ3v) is 4.59. The molecule has 1 unspecified atom stereocenters. The number of aromatic nitrogens is 1. The molecule has 2 amide bonds. The van der Waals surface area contributed by atoms with Crippen LogP contribution in [0.15, 0.2) is 30.5 Å². The number of hydrogen-bond acceptors (Lipinski definition) is 4. The Morgan fingerprint density at radius 2 is 2.14 bits per heavy atom. The molecule has 0 saturated heterocycles. The number of nitrogens with one attached hydrogen (secondary N) is 1. The van der Waals surface area contributed by atoms with Gasteiger partial charge in [0.25, 0.3) is 5.91 Å². The van der Waals surface area contributed by atoms with Gasteiger partial charge in [-0.15, -0.1) is 0 Å². The molecule has 0 fully saturated rings. The van der Waals surface area contributed by atoms with Gasteiger partial charge in [-0.2, -0.15) is 0 Å². The molecule has 0 radical (unpaired) electrons. The van der Waals surface area contributed by atoms with Crippen LogP contribution >= 0.6 is 11.3 Å². The largest absolute Gasteiger partial charge is 0.365 e. The average molecular weight is 301 g/mol. The highest BCUT2D eigenvalue weighted by atomic mass is 32.1. The monoisotopic (exact) mass is 301 g/mol. The first-order valence-corrected chi connectivity index (χ1v) is 7.61. The number of nitrogens with zero attached hydrogens (tertiary/aromatic N) is 1. The first-order chi connectivity index (χ1) is 10.1. The summed E-state index contributed by atoms with van der Waals surface area (Å²) in [6.07, 6.45) is 4.23. The number of nitrogens with two attached hydrogens (primary N) is 1. The lowest BCUT2D eigenvalue weighted by Gasteiger charge is -2.24. The van der Waals surface area contributed by atoms with Crippen molar-refractivity contribution in [2.75, 3.05) is 5.32 Å². The summed E-state index contributed by atoms with van der Waals surface area (Å²) < 4.78 is 0. The van der Waals surface area contributed by atoms with Gasteiger partial charge in [0.05, 0.1) is 12.1 Å². The fourth-order valence-corrected chi connectivity index (χ4v) is 3.34. The summed E-state index contributed by atoms with van der Waals surface area (Å²) in [6, 6.07) is 8.04. The van der Waals surface area contributed by atoms with Gasteiger partial charge < -0.3 is 11.1 Å². The topological polar surface area (TPSA) is 85.1 Å². The van der Waals surface area contributed by atoms with E-state index in [-0.39, 0.29) is 11.8 Å². The van der Waals surface area contributed by atoms with Gasteiger partial charge in [-0.3, -0.25) is 9.59 Å². The molecule has 21 heavy (non-hydrogen) atoms. The maximum atomic E-state index is 12.4. The van der Waals surface area contributed by atoms with Crippen molar-refractivity contribution >= 4 is 28.3 Å². The molecule has 5 nitrogen and oxygen atoms in total. The summed E-state index contributed by atoms with van der Waals surface area (Å²) in [5.41, 5.74) is 7.51. The van der Waals surface area contributed by atoms with E-state index in [0.717, 1.165) is 36.2 Å². The molecule has 3 rings (SSSR count). The van der Waals surface area contributed by atoms with Crippen LogP contribution < -0.4 is 11.1 Å². The Morgan fingerprint density at radius 3 is 2.90 bits per heavy atom. The van der Waals surface area contributed by atoms with Crippen LogP contribution in [-0.4, -0.2) is 16.8 Å². The van der Waals surface area contributed by atoms with E-state index in [1.54, 1.807) is 0 Å². The minimum atomic E-state index is -0.531. The predicted molar refractivity (Wildman–Crippen MR) is 81.4 cm³/mol. The van der Waals surface area contributed by atoms with Crippen molar-refractivity contribution in [2.45, 2.75) is 25.2 Å². The molecule has 6 heteroatoms. The zero-order valence-electron chi connectivity index (χ0n) is 11.3. The second kappa shape index (κ2) is 5.65. The number of thiazole rings is 1. The Bertz CT molecular complexity index is 696. The van der Waals surface area contributed by atoms with E-state index >= 15 is 0 Å². The number of benzene rings is 1. The molecule has 0 spiro atoms. The molecule has 0 bridgehead atoms. The normalized spacial score (nSPS) is 17.0. The van der Waals surface area contributed by atoms with E-state index in [1.165, 1.54) is 11.8 Å². The van der Waals surface area contributed by atoms with Crippen LogP contribution in [0.2, 0.25) is 0 Å². The van der Waals surface area contributed by atoms with Crippen LogP contribution in [0, 0.1) is 0 Å². The van der Waals surface area contributed by atoms with E-state index < -0.39 is 5.91 Å². The average Bonchev–Trinajstić information content (AvgIpc) is 2.95. The third kappa shape index (κ3) is 2.80.